The van der Waals surface area contributed by atoms with Gasteiger partial charge in [-0.2, -0.15) is 5.10 Å². The molecule has 2 N–H and O–H groups in total. The summed E-state index contributed by atoms with van der Waals surface area (Å²) in [5.41, 5.74) is 2.10. The highest BCUT2D eigenvalue weighted by Gasteiger charge is 2.09. The number of nitrogens with one attached hydrogen (secondary N) is 2. The van der Waals surface area contributed by atoms with Crippen LogP contribution in [0.25, 0.3) is 5.69 Å². The van der Waals surface area contributed by atoms with Crippen LogP contribution in [-0.2, 0) is 14.6 Å². The van der Waals surface area contributed by atoms with Gasteiger partial charge in [0.25, 0.3) is 0 Å². The van der Waals surface area contributed by atoms with Crippen molar-refractivity contribution in [2.75, 3.05) is 38.8 Å². The molecule has 1 aromatic carbocycles. The Morgan fingerprint density at radius 1 is 1.33 bits per heavy atom. The number of benzene rings is 1. The van der Waals surface area contributed by atoms with E-state index in [2.05, 4.69) is 33.7 Å². The fourth-order valence-electron chi connectivity index (χ4n) is 2.40. The van der Waals surface area contributed by atoms with E-state index in [1.165, 1.54) is 6.26 Å². The zero-order valence-electron chi connectivity index (χ0n) is 15.9. The van der Waals surface area contributed by atoms with Gasteiger partial charge in [0.15, 0.2) is 5.96 Å². The van der Waals surface area contributed by atoms with E-state index in [-0.39, 0.29) is 18.4 Å². The molecule has 1 aromatic heterocycles. The van der Waals surface area contributed by atoms with Crippen LogP contribution >= 0.6 is 0 Å². The second kappa shape index (κ2) is 10.1. The maximum atomic E-state index is 11.0. The number of ether oxygens (including phenoxy) is 1. The summed E-state index contributed by atoms with van der Waals surface area (Å²) in [6, 6.07) is 10.1. The van der Waals surface area contributed by atoms with Crippen LogP contribution in [0.15, 0.2) is 47.7 Å². The van der Waals surface area contributed by atoms with E-state index in [1.54, 1.807) is 13.2 Å². The molecule has 8 nitrogen and oxygen atoms in total. The molecule has 0 saturated carbocycles. The fourth-order valence-corrected chi connectivity index (χ4v) is 2.82. The molecular formula is C18H27N5O3S. The number of rotatable bonds is 9. The van der Waals surface area contributed by atoms with Crippen molar-refractivity contribution in [1.82, 2.24) is 20.4 Å². The minimum absolute atomic E-state index is 0.0314. The molecule has 0 amide bonds. The van der Waals surface area contributed by atoms with Crippen molar-refractivity contribution in [3.63, 3.8) is 0 Å². The fraction of sp³-hybridized carbons (Fsp3) is 0.444. The molecule has 0 spiro atoms. The molecule has 2 aromatic rings. The second-order valence-corrected chi connectivity index (χ2v) is 8.41. The zero-order valence-corrected chi connectivity index (χ0v) is 16.7. The molecule has 1 heterocycles. The molecule has 9 heteroatoms. The zero-order chi connectivity index (χ0) is 19.7. The van der Waals surface area contributed by atoms with Gasteiger partial charge in [0.1, 0.15) is 9.84 Å². The van der Waals surface area contributed by atoms with Crippen LogP contribution in [0.4, 0.5) is 0 Å². The van der Waals surface area contributed by atoms with Crippen LogP contribution in [0.2, 0.25) is 0 Å². The predicted octanol–water partition coefficient (Wildman–Crippen LogP) is 1.16. The Hall–Kier alpha value is -2.39. The number of aromatic nitrogens is 2. The van der Waals surface area contributed by atoms with Gasteiger partial charge in [0, 0.05) is 32.2 Å². The lowest BCUT2D eigenvalue weighted by Gasteiger charge is -2.19. The van der Waals surface area contributed by atoms with Crippen LogP contribution in [0.1, 0.15) is 18.5 Å². The average molecular weight is 394 g/mol. The SMILES string of the molecule is CN=C(NCCOCCS(C)(=O)=O)NC(C)c1cccc(-n2cccn2)c1. The van der Waals surface area contributed by atoms with Crippen molar-refractivity contribution in [2.24, 2.45) is 4.99 Å². The highest BCUT2D eigenvalue weighted by molar-refractivity contribution is 7.90. The molecule has 27 heavy (non-hydrogen) atoms. The summed E-state index contributed by atoms with van der Waals surface area (Å²) in [5.74, 6) is 0.683. The minimum atomic E-state index is -2.99. The van der Waals surface area contributed by atoms with E-state index in [9.17, 15) is 8.42 Å². The first-order chi connectivity index (χ1) is 12.9. The summed E-state index contributed by atoms with van der Waals surface area (Å²) in [5, 5.41) is 10.7. The molecule has 1 atom stereocenters. The molecule has 0 bridgehead atoms. The number of nitrogens with zero attached hydrogens (tertiary/aromatic N) is 3. The third-order valence-electron chi connectivity index (χ3n) is 3.85. The van der Waals surface area contributed by atoms with Crippen molar-refractivity contribution in [3.05, 3.63) is 48.3 Å². The minimum Gasteiger partial charge on any atom is -0.379 e. The van der Waals surface area contributed by atoms with Gasteiger partial charge in [-0.3, -0.25) is 4.99 Å². The Morgan fingerprint density at radius 2 is 2.15 bits per heavy atom. The molecule has 0 fully saturated rings. The molecule has 0 aliphatic heterocycles. The highest BCUT2D eigenvalue weighted by Crippen LogP contribution is 2.16. The lowest BCUT2D eigenvalue weighted by molar-refractivity contribution is 0.154. The summed E-state index contributed by atoms with van der Waals surface area (Å²) >= 11 is 0. The van der Waals surface area contributed by atoms with Crippen molar-refractivity contribution >= 4 is 15.8 Å². The van der Waals surface area contributed by atoms with Gasteiger partial charge < -0.3 is 15.4 Å². The smallest absolute Gasteiger partial charge is 0.191 e. The number of aliphatic imine (C=N–C) groups is 1. The molecule has 148 valence electrons. The monoisotopic (exact) mass is 393 g/mol. The molecule has 2 rings (SSSR count). The summed E-state index contributed by atoms with van der Waals surface area (Å²) in [6.45, 7) is 3.18. The summed E-state index contributed by atoms with van der Waals surface area (Å²) in [4.78, 5) is 4.21. The largest absolute Gasteiger partial charge is 0.379 e. The number of hydrogen-bond donors (Lipinski definition) is 2. The van der Waals surface area contributed by atoms with Gasteiger partial charge in [0.05, 0.1) is 30.7 Å². The van der Waals surface area contributed by atoms with Crippen molar-refractivity contribution < 1.29 is 13.2 Å². The van der Waals surface area contributed by atoms with E-state index in [0.29, 0.717) is 19.1 Å². The number of sulfone groups is 1. The normalized spacial score (nSPS) is 13.4. The van der Waals surface area contributed by atoms with E-state index in [4.69, 9.17) is 4.74 Å². The third-order valence-corrected chi connectivity index (χ3v) is 4.76. The standard InChI is InChI=1S/C18H27N5O3S/c1-15(16-6-4-7-17(14-16)23-10-5-8-21-23)22-18(19-2)20-9-11-26-12-13-27(3,24)25/h4-8,10,14-15H,9,11-13H2,1-3H3,(H2,19,20,22). The topological polar surface area (TPSA) is 97.6 Å². The Labute approximate surface area is 160 Å². The van der Waals surface area contributed by atoms with Crippen molar-refractivity contribution in [1.29, 1.82) is 0 Å². The van der Waals surface area contributed by atoms with Crippen LogP contribution in [0.5, 0.6) is 0 Å². The molecule has 0 aliphatic rings. The van der Waals surface area contributed by atoms with Crippen molar-refractivity contribution in [3.8, 4) is 5.69 Å². The predicted molar refractivity (Wildman–Crippen MR) is 107 cm³/mol. The highest BCUT2D eigenvalue weighted by atomic mass is 32.2. The van der Waals surface area contributed by atoms with Gasteiger partial charge in [-0.15, -0.1) is 0 Å². The van der Waals surface area contributed by atoms with Crippen LogP contribution in [-0.4, -0.2) is 63.0 Å². The Balaban J connectivity index is 1.81. The Kier molecular flexibility index (Phi) is 7.81. The first-order valence-electron chi connectivity index (χ1n) is 8.71. The number of guanidine groups is 1. The van der Waals surface area contributed by atoms with E-state index >= 15 is 0 Å². The summed E-state index contributed by atoms with van der Waals surface area (Å²) in [7, 11) is -1.29. The van der Waals surface area contributed by atoms with Gasteiger partial charge in [-0.1, -0.05) is 12.1 Å². The quantitative estimate of drug-likeness (QED) is 0.377. The molecule has 0 aliphatic carbocycles. The summed E-state index contributed by atoms with van der Waals surface area (Å²) in [6.07, 6.45) is 4.85. The maximum absolute atomic E-state index is 11.0. The lowest BCUT2D eigenvalue weighted by Crippen LogP contribution is -2.40. The molecule has 1 unspecified atom stereocenters. The molecule has 0 saturated heterocycles. The summed E-state index contributed by atoms with van der Waals surface area (Å²) < 4.78 is 29.2. The van der Waals surface area contributed by atoms with E-state index in [0.717, 1.165) is 11.3 Å². The van der Waals surface area contributed by atoms with E-state index < -0.39 is 9.84 Å². The van der Waals surface area contributed by atoms with Gasteiger partial charge >= 0.3 is 0 Å². The van der Waals surface area contributed by atoms with Crippen LogP contribution in [0, 0.1) is 0 Å². The van der Waals surface area contributed by atoms with Gasteiger partial charge in [-0.05, 0) is 30.7 Å². The number of hydrogen-bond acceptors (Lipinski definition) is 5. The second-order valence-electron chi connectivity index (χ2n) is 6.15. The van der Waals surface area contributed by atoms with Gasteiger partial charge in [-0.25, -0.2) is 13.1 Å². The van der Waals surface area contributed by atoms with Crippen LogP contribution in [0.3, 0.4) is 0 Å². The maximum Gasteiger partial charge on any atom is 0.191 e. The third kappa shape index (κ3) is 7.40. The van der Waals surface area contributed by atoms with E-state index in [1.807, 2.05) is 35.1 Å². The van der Waals surface area contributed by atoms with Crippen LogP contribution < -0.4 is 10.6 Å². The first kappa shape index (κ1) is 20.9. The first-order valence-corrected chi connectivity index (χ1v) is 10.8. The molecule has 0 radical (unpaired) electrons. The Morgan fingerprint density at radius 3 is 2.81 bits per heavy atom. The van der Waals surface area contributed by atoms with Crippen molar-refractivity contribution in [2.45, 2.75) is 13.0 Å². The Bertz CT molecular complexity index is 834. The van der Waals surface area contributed by atoms with Gasteiger partial charge in [0.2, 0.25) is 0 Å². The average Bonchev–Trinajstić information content (AvgIpc) is 3.17. The molecular weight excluding hydrogens is 366 g/mol. The lowest BCUT2D eigenvalue weighted by atomic mass is 10.1.